The molecule has 0 aromatic carbocycles. The molecule has 0 aliphatic heterocycles. The van der Waals surface area contributed by atoms with Crippen molar-refractivity contribution in [2.24, 2.45) is 5.73 Å². The van der Waals surface area contributed by atoms with E-state index in [4.69, 9.17) is 25.7 Å². The highest BCUT2D eigenvalue weighted by molar-refractivity contribution is 9.08. The maximum atomic E-state index is 8.53. The highest BCUT2D eigenvalue weighted by atomic mass is 79.9. The van der Waals surface area contributed by atoms with Gasteiger partial charge < -0.3 is 15.2 Å². The normalized spacial score (nSPS) is 9.94. The zero-order chi connectivity index (χ0) is 26.8. The number of ether oxygens (including phenoxy) is 2. The molecule has 3 aromatic rings. The summed E-state index contributed by atoms with van der Waals surface area (Å²) in [4.78, 5) is 12.3. The van der Waals surface area contributed by atoms with Crippen molar-refractivity contribution in [3.05, 3.63) is 88.8 Å². The molecule has 3 aromatic heterocycles. The van der Waals surface area contributed by atoms with Crippen LogP contribution in [-0.2, 0) is 34.6 Å². The van der Waals surface area contributed by atoms with Gasteiger partial charge in [-0.05, 0) is 63.6 Å². The number of hydrogen-bond donors (Lipinski definition) is 1. The fourth-order valence-electron chi connectivity index (χ4n) is 2.31. The lowest BCUT2D eigenvalue weighted by atomic mass is 10.2. The summed E-state index contributed by atoms with van der Waals surface area (Å²) in [7, 11) is 0. The minimum atomic E-state index is 0.206. The standard InChI is InChI=1S/C10H16N2O.C10H12N2O.C7H5BrN2/c2*1-8(2)13-7-10-4-3-9(5-11)6-12-10;8-3-7-2-1-6(4-9)5-10-7/h3-4,6,8H,5,7,11H2,1-2H3;3-4,6,8H,7H2,1-2H3;1-2,5H,3H2. The second kappa shape index (κ2) is 18.1. The largest absolute Gasteiger partial charge is 0.373 e. The van der Waals surface area contributed by atoms with E-state index in [0.29, 0.717) is 30.9 Å². The van der Waals surface area contributed by atoms with Gasteiger partial charge >= 0.3 is 0 Å². The molecule has 0 amide bonds. The number of nitrogens with zero attached hydrogens (tertiary/aromatic N) is 5. The van der Waals surface area contributed by atoms with E-state index >= 15 is 0 Å². The molecular weight excluding hydrogens is 520 g/mol. The number of pyridine rings is 3. The summed E-state index contributed by atoms with van der Waals surface area (Å²) in [6, 6.07) is 15.1. The van der Waals surface area contributed by atoms with Crippen LogP contribution in [0.5, 0.6) is 0 Å². The number of rotatable bonds is 8. The van der Waals surface area contributed by atoms with Gasteiger partial charge in [-0.1, -0.05) is 22.0 Å². The van der Waals surface area contributed by atoms with Crippen LogP contribution >= 0.6 is 15.9 Å². The van der Waals surface area contributed by atoms with E-state index in [2.05, 4.69) is 30.9 Å². The number of aromatic nitrogens is 3. The van der Waals surface area contributed by atoms with Gasteiger partial charge in [0, 0.05) is 30.5 Å². The number of alkyl halides is 1. The molecule has 2 N–H and O–H groups in total. The average molecular weight is 554 g/mol. The molecule has 190 valence electrons. The van der Waals surface area contributed by atoms with Crippen molar-refractivity contribution in [1.29, 1.82) is 10.5 Å². The van der Waals surface area contributed by atoms with Crippen molar-refractivity contribution < 1.29 is 9.47 Å². The Bertz CT molecular complexity index is 1070. The lowest BCUT2D eigenvalue weighted by Gasteiger charge is -2.06. The van der Waals surface area contributed by atoms with Crippen LogP contribution in [0.25, 0.3) is 0 Å². The highest BCUT2D eigenvalue weighted by Gasteiger charge is 1.98. The Morgan fingerprint density at radius 2 is 1.19 bits per heavy atom. The highest BCUT2D eigenvalue weighted by Crippen LogP contribution is 2.04. The fraction of sp³-hybridized carbons (Fsp3) is 0.370. The molecule has 3 heterocycles. The van der Waals surface area contributed by atoms with Gasteiger partial charge in [0.15, 0.2) is 0 Å². The maximum absolute atomic E-state index is 8.53. The summed E-state index contributed by atoms with van der Waals surface area (Å²) in [5, 5.41) is 17.7. The molecule has 0 saturated heterocycles. The van der Waals surface area contributed by atoms with E-state index in [0.717, 1.165) is 28.0 Å². The summed E-state index contributed by atoms with van der Waals surface area (Å²) >= 11 is 3.26. The molecule has 9 heteroatoms. The van der Waals surface area contributed by atoms with E-state index in [1.807, 2.05) is 58.0 Å². The number of hydrogen-bond acceptors (Lipinski definition) is 8. The quantitative estimate of drug-likeness (QED) is 0.377. The summed E-state index contributed by atoms with van der Waals surface area (Å²) in [5.41, 5.74) is 10.4. The molecule has 0 spiro atoms. The molecule has 0 atom stereocenters. The van der Waals surface area contributed by atoms with Gasteiger partial charge in [-0.15, -0.1) is 0 Å². The van der Waals surface area contributed by atoms with Gasteiger partial charge in [0.2, 0.25) is 0 Å². The van der Waals surface area contributed by atoms with Crippen molar-refractivity contribution in [1.82, 2.24) is 15.0 Å². The minimum absolute atomic E-state index is 0.206. The number of nitriles is 2. The minimum Gasteiger partial charge on any atom is -0.373 e. The summed E-state index contributed by atoms with van der Waals surface area (Å²) in [6.45, 7) is 9.58. The first kappa shape index (κ1) is 30.8. The third kappa shape index (κ3) is 13.6. The molecule has 0 aliphatic carbocycles. The molecule has 3 rings (SSSR count). The van der Waals surface area contributed by atoms with Gasteiger partial charge in [-0.25, -0.2) is 0 Å². The first-order valence-corrected chi connectivity index (χ1v) is 12.6. The molecule has 8 nitrogen and oxygen atoms in total. The molecule has 0 unspecified atom stereocenters. The molecular formula is C27H33BrN6O2. The Kier molecular flexibility index (Phi) is 15.5. The zero-order valence-electron chi connectivity index (χ0n) is 21.2. The van der Waals surface area contributed by atoms with Gasteiger partial charge in [-0.3, -0.25) is 15.0 Å². The third-order valence-corrected chi connectivity index (χ3v) is 4.87. The predicted octanol–water partition coefficient (Wildman–Crippen LogP) is 5.19. The summed E-state index contributed by atoms with van der Waals surface area (Å²) in [6.07, 6.45) is 5.36. The van der Waals surface area contributed by atoms with Gasteiger partial charge in [0.05, 0.1) is 53.6 Å². The summed E-state index contributed by atoms with van der Waals surface area (Å²) in [5.74, 6) is 0. The van der Waals surface area contributed by atoms with Gasteiger partial charge in [0.25, 0.3) is 0 Å². The maximum Gasteiger partial charge on any atom is 0.101 e. The van der Waals surface area contributed by atoms with Gasteiger partial charge in [0.1, 0.15) is 12.1 Å². The average Bonchev–Trinajstić information content (AvgIpc) is 2.92. The van der Waals surface area contributed by atoms with E-state index < -0.39 is 0 Å². The fourth-order valence-corrected chi connectivity index (χ4v) is 2.64. The van der Waals surface area contributed by atoms with Crippen molar-refractivity contribution in [3.8, 4) is 12.1 Å². The Morgan fingerprint density at radius 3 is 1.50 bits per heavy atom. The van der Waals surface area contributed by atoms with E-state index in [-0.39, 0.29) is 12.2 Å². The molecule has 0 saturated carbocycles. The monoisotopic (exact) mass is 552 g/mol. The first-order valence-electron chi connectivity index (χ1n) is 11.4. The molecule has 0 radical (unpaired) electrons. The van der Waals surface area contributed by atoms with Crippen molar-refractivity contribution >= 4 is 15.9 Å². The van der Waals surface area contributed by atoms with Crippen LogP contribution < -0.4 is 5.73 Å². The van der Waals surface area contributed by atoms with E-state index in [1.165, 1.54) is 0 Å². The zero-order valence-corrected chi connectivity index (χ0v) is 22.8. The summed E-state index contributed by atoms with van der Waals surface area (Å²) < 4.78 is 10.8. The van der Waals surface area contributed by atoms with Gasteiger partial charge in [-0.2, -0.15) is 10.5 Å². The smallest absolute Gasteiger partial charge is 0.101 e. The molecule has 0 bridgehead atoms. The van der Waals surface area contributed by atoms with Crippen molar-refractivity contribution in [2.45, 2.75) is 65.0 Å². The molecule has 0 aliphatic rings. The van der Waals surface area contributed by atoms with Crippen molar-refractivity contribution in [2.75, 3.05) is 0 Å². The van der Waals surface area contributed by atoms with E-state index in [9.17, 15) is 0 Å². The molecule has 36 heavy (non-hydrogen) atoms. The lowest BCUT2D eigenvalue weighted by Crippen LogP contribution is -2.04. The topological polar surface area (TPSA) is 131 Å². The van der Waals surface area contributed by atoms with Crippen LogP contribution in [0.4, 0.5) is 0 Å². The number of nitrogens with two attached hydrogens (primary N) is 1. The Balaban J connectivity index is 0.000000273. The SMILES string of the molecule is CC(C)OCc1ccc(C#N)cn1.CC(C)OCc1ccc(CN)cn1.N#Cc1ccc(CBr)nc1. The van der Waals surface area contributed by atoms with Crippen molar-refractivity contribution in [3.63, 3.8) is 0 Å². The second-order valence-electron chi connectivity index (χ2n) is 8.02. The van der Waals surface area contributed by atoms with Crippen LogP contribution in [0.3, 0.4) is 0 Å². The third-order valence-electron chi connectivity index (χ3n) is 4.30. The second-order valence-corrected chi connectivity index (χ2v) is 8.58. The lowest BCUT2D eigenvalue weighted by molar-refractivity contribution is 0.0634. The Morgan fingerprint density at radius 1 is 0.750 bits per heavy atom. The van der Waals surface area contributed by atoms with Crippen LogP contribution in [0.1, 0.15) is 61.5 Å². The van der Waals surface area contributed by atoms with Crippen LogP contribution in [0.15, 0.2) is 55.0 Å². The first-order chi connectivity index (χ1) is 17.3. The number of halogens is 1. The molecule has 0 fully saturated rings. The van der Waals surface area contributed by atoms with E-state index in [1.54, 1.807) is 36.8 Å². The van der Waals surface area contributed by atoms with Crippen LogP contribution in [0, 0.1) is 22.7 Å². The van der Waals surface area contributed by atoms with Crippen LogP contribution in [0.2, 0.25) is 0 Å². The Hall–Kier alpha value is -3.21. The van der Waals surface area contributed by atoms with Crippen LogP contribution in [-0.4, -0.2) is 27.2 Å². The Labute approximate surface area is 222 Å². The predicted molar refractivity (Wildman–Crippen MR) is 143 cm³/mol.